The molecule has 0 aliphatic rings. The van der Waals surface area contributed by atoms with E-state index in [9.17, 15) is 5.11 Å². The maximum atomic E-state index is 9.24. The summed E-state index contributed by atoms with van der Waals surface area (Å²) in [4.78, 5) is 0. The van der Waals surface area contributed by atoms with E-state index in [1.54, 1.807) is 6.08 Å². The minimum absolute atomic E-state index is 0.421. The molecule has 0 aromatic heterocycles. The number of allylic oxidation sites excluding steroid dienone is 3. The maximum Gasteiger partial charge on any atom is 0.138 e. The normalized spacial score (nSPS) is 13.8. The molecule has 1 N–H and O–H groups in total. The van der Waals surface area contributed by atoms with Gasteiger partial charge in [-0.2, -0.15) is 0 Å². The third-order valence-electron chi connectivity index (χ3n) is 1.39. The first-order valence-electron chi connectivity index (χ1n) is 3.73. The lowest BCUT2D eigenvalue weighted by atomic mass is 9.90. The Balaban J connectivity index is 4.04. The Morgan fingerprint density at radius 1 is 1.60 bits per heavy atom. The maximum absolute atomic E-state index is 9.24. The zero-order chi connectivity index (χ0) is 7.98. The molecule has 0 aliphatic carbocycles. The molecular weight excluding hydrogens is 123 g/mol. The molecule has 56 valence electrons. The highest BCUT2D eigenvalue weighted by Gasteiger charge is 1.92. The summed E-state index contributed by atoms with van der Waals surface area (Å²) in [6, 6.07) is 0. The van der Waals surface area contributed by atoms with Crippen molar-refractivity contribution in [2.24, 2.45) is 0 Å². The molecule has 0 bridgehead atoms. The molecule has 0 atom stereocenters. The van der Waals surface area contributed by atoms with Gasteiger partial charge in [0.05, 0.1) is 0 Å². The Morgan fingerprint density at radius 3 is 2.60 bits per heavy atom. The van der Waals surface area contributed by atoms with Crippen LogP contribution in [0.1, 0.15) is 26.7 Å². The molecule has 0 rings (SSSR count). The highest BCUT2D eigenvalue weighted by molar-refractivity contribution is 6.22. The van der Waals surface area contributed by atoms with Gasteiger partial charge in [-0.15, -0.1) is 0 Å². The number of rotatable bonds is 3. The number of aliphatic hydroxyl groups excluding tert-OH is 1. The summed E-state index contributed by atoms with van der Waals surface area (Å²) in [6.45, 7) is 4.00. The quantitative estimate of drug-likeness (QED) is 0.358. The Bertz CT molecular complexity index is 147. The van der Waals surface area contributed by atoms with Crippen LogP contribution in [0.15, 0.2) is 23.4 Å². The summed E-state index contributed by atoms with van der Waals surface area (Å²) in [7, 11) is 1.96. The molecule has 1 nitrogen and oxygen atoms in total. The molecule has 2 heteroatoms. The van der Waals surface area contributed by atoms with Crippen LogP contribution in [-0.2, 0) is 0 Å². The van der Waals surface area contributed by atoms with Crippen molar-refractivity contribution in [3.05, 3.63) is 23.4 Å². The van der Waals surface area contributed by atoms with E-state index in [-0.39, 0.29) is 0 Å². The SMILES string of the molecule is B/C(CCC)=C(O)/C=C\C. The largest absolute Gasteiger partial charge is 0.509 e. The first-order chi connectivity index (χ1) is 4.72. The van der Waals surface area contributed by atoms with Crippen molar-refractivity contribution in [1.29, 1.82) is 0 Å². The lowest BCUT2D eigenvalue weighted by molar-refractivity contribution is 0.427. The molecular formula is C8H15BO. The van der Waals surface area contributed by atoms with Crippen LogP contribution in [0.4, 0.5) is 0 Å². The van der Waals surface area contributed by atoms with Gasteiger partial charge in [0.15, 0.2) is 0 Å². The summed E-state index contributed by atoms with van der Waals surface area (Å²) >= 11 is 0. The number of hydrogen-bond donors (Lipinski definition) is 1. The molecule has 0 fully saturated rings. The fourth-order valence-corrected chi connectivity index (χ4v) is 0.803. The highest BCUT2D eigenvalue weighted by Crippen LogP contribution is 2.05. The van der Waals surface area contributed by atoms with Gasteiger partial charge in [-0.05, 0) is 19.4 Å². The van der Waals surface area contributed by atoms with Gasteiger partial charge in [0.2, 0.25) is 0 Å². The van der Waals surface area contributed by atoms with E-state index in [2.05, 4.69) is 6.92 Å². The molecule has 0 heterocycles. The molecule has 0 amide bonds. The van der Waals surface area contributed by atoms with E-state index >= 15 is 0 Å². The molecule has 10 heavy (non-hydrogen) atoms. The van der Waals surface area contributed by atoms with E-state index in [0.717, 1.165) is 18.3 Å². The number of aliphatic hydroxyl groups is 1. The summed E-state index contributed by atoms with van der Waals surface area (Å²) in [5.41, 5.74) is 1.07. The molecule has 0 radical (unpaired) electrons. The molecule has 0 unspecified atom stereocenters. The van der Waals surface area contributed by atoms with Gasteiger partial charge in [-0.1, -0.05) is 24.9 Å². The Kier molecular flexibility index (Phi) is 4.82. The van der Waals surface area contributed by atoms with E-state index in [1.165, 1.54) is 0 Å². The molecule has 0 aromatic carbocycles. The van der Waals surface area contributed by atoms with Crippen molar-refractivity contribution in [3.8, 4) is 0 Å². The van der Waals surface area contributed by atoms with Crippen LogP contribution in [0.25, 0.3) is 0 Å². The number of hydrogen-bond acceptors (Lipinski definition) is 1. The first kappa shape index (κ1) is 9.34. The van der Waals surface area contributed by atoms with Crippen LogP contribution >= 0.6 is 0 Å². The monoisotopic (exact) mass is 138 g/mol. The Labute approximate surface area is 63.9 Å². The first-order valence-corrected chi connectivity index (χ1v) is 3.73. The van der Waals surface area contributed by atoms with Crippen molar-refractivity contribution in [2.45, 2.75) is 26.7 Å². The van der Waals surface area contributed by atoms with E-state index in [4.69, 9.17) is 0 Å². The van der Waals surface area contributed by atoms with Gasteiger partial charge in [0.1, 0.15) is 13.6 Å². The van der Waals surface area contributed by atoms with Crippen molar-refractivity contribution >= 4 is 7.85 Å². The molecule has 0 spiro atoms. The van der Waals surface area contributed by atoms with E-state index < -0.39 is 0 Å². The predicted octanol–water partition coefficient (Wildman–Crippen LogP) is 1.77. The van der Waals surface area contributed by atoms with Crippen molar-refractivity contribution in [1.82, 2.24) is 0 Å². The van der Waals surface area contributed by atoms with E-state index in [1.807, 2.05) is 20.8 Å². The fourth-order valence-electron chi connectivity index (χ4n) is 0.803. The van der Waals surface area contributed by atoms with Crippen LogP contribution < -0.4 is 0 Å². The van der Waals surface area contributed by atoms with Crippen molar-refractivity contribution in [2.75, 3.05) is 0 Å². The van der Waals surface area contributed by atoms with Crippen LogP contribution in [0, 0.1) is 0 Å². The average Bonchev–Trinajstić information content (AvgIpc) is 1.89. The van der Waals surface area contributed by atoms with Gasteiger partial charge >= 0.3 is 0 Å². The summed E-state index contributed by atoms with van der Waals surface area (Å²) in [5.74, 6) is 0.421. The van der Waals surface area contributed by atoms with Crippen LogP contribution in [-0.4, -0.2) is 13.0 Å². The zero-order valence-electron chi connectivity index (χ0n) is 7.02. The third kappa shape index (κ3) is 3.39. The summed E-state index contributed by atoms with van der Waals surface area (Å²) in [6.07, 6.45) is 5.64. The lowest BCUT2D eigenvalue weighted by Gasteiger charge is -1.98. The molecule has 0 saturated heterocycles. The van der Waals surface area contributed by atoms with Gasteiger partial charge in [-0.25, -0.2) is 0 Å². The zero-order valence-corrected chi connectivity index (χ0v) is 7.02. The second-order valence-corrected chi connectivity index (χ2v) is 2.42. The fraction of sp³-hybridized carbons (Fsp3) is 0.500. The predicted molar refractivity (Wildman–Crippen MR) is 47.9 cm³/mol. The minimum Gasteiger partial charge on any atom is -0.509 e. The van der Waals surface area contributed by atoms with Crippen molar-refractivity contribution in [3.63, 3.8) is 0 Å². The second kappa shape index (κ2) is 5.16. The highest BCUT2D eigenvalue weighted by atomic mass is 16.3. The van der Waals surface area contributed by atoms with Gasteiger partial charge < -0.3 is 5.11 Å². The Morgan fingerprint density at radius 2 is 2.20 bits per heavy atom. The second-order valence-electron chi connectivity index (χ2n) is 2.42. The van der Waals surface area contributed by atoms with Crippen LogP contribution in [0.5, 0.6) is 0 Å². The van der Waals surface area contributed by atoms with Gasteiger partial charge in [-0.3, -0.25) is 0 Å². The average molecular weight is 138 g/mol. The topological polar surface area (TPSA) is 20.2 Å². The van der Waals surface area contributed by atoms with Crippen LogP contribution in [0.3, 0.4) is 0 Å². The summed E-state index contributed by atoms with van der Waals surface area (Å²) in [5, 5.41) is 9.24. The molecule has 0 aliphatic heterocycles. The Hall–Kier alpha value is -0.655. The molecule has 0 saturated carbocycles. The van der Waals surface area contributed by atoms with Crippen LogP contribution in [0.2, 0.25) is 0 Å². The standard InChI is InChI=1S/C8H15BO/c1-3-5-7(9)8(10)6-4-2/h4,6,10H,3,5,9H2,1-2H3/b6-4-,8-7-. The molecule has 0 aromatic rings. The minimum atomic E-state index is 0.421. The van der Waals surface area contributed by atoms with Gasteiger partial charge in [0, 0.05) is 0 Å². The lowest BCUT2D eigenvalue weighted by Crippen LogP contribution is -1.87. The van der Waals surface area contributed by atoms with E-state index in [0.29, 0.717) is 5.76 Å². The van der Waals surface area contributed by atoms with Gasteiger partial charge in [0.25, 0.3) is 0 Å². The smallest absolute Gasteiger partial charge is 0.138 e. The van der Waals surface area contributed by atoms with Crippen molar-refractivity contribution < 1.29 is 5.11 Å². The summed E-state index contributed by atoms with van der Waals surface area (Å²) < 4.78 is 0. The third-order valence-corrected chi connectivity index (χ3v) is 1.39.